The van der Waals surface area contributed by atoms with E-state index in [1.54, 1.807) is 43.5 Å². The predicted octanol–water partition coefficient (Wildman–Crippen LogP) is 2.80. The van der Waals surface area contributed by atoms with E-state index in [9.17, 15) is 18.0 Å². The first-order chi connectivity index (χ1) is 16.5. The number of hydrogen-bond acceptors (Lipinski definition) is 6. The number of nitrogens with zero attached hydrogens (tertiary/aromatic N) is 2. The third kappa shape index (κ3) is 7.88. The molecule has 2 rings (SSSR count). The first-order valence-corrected chi connectivity index (χ1v) is 13.2. The van der Waals surface area contributed by atoms with Crippen molar-refractivity contribution in [2.75, 3.05) is 31.3 Å². The Morgan fingerprint density at radius 1 is 0.943 bits per heavy atom. The zero-order valence-electron chi connectivity index (χ0n) is 21.1. The van der Waals surface area contributed by atoms with Crippen LogP contribution in [0.1, 0.15) is 32.8 Å². The van der Waals surface area contributed by atoms with Crippen LogP contribution >= 0.6 is 0 Å². The summed E-state index contributed by atoms with van der Waals surface area (Å²) in [7, 11) is -0.718. The summed E-state index contributed by atoms with van der Waals surface area (Å²) in [4.78, 5) is 28.0. The fraction of sp³-hybridized carbons (Fsp3) is 0.440. The molecule has 0 radical (unpaired) electrons. The molecule has 0 aliphatic carbocycles. The van der Waals surface area contributed by atoms with Crippen molar-refractivity contribution < 1.29 is 27.5 Å². The topological polar surface area (TPSA) is 105 Å². The molecular formula is C25H35N3O6S. The molecule has 0 bridgehead atoms. The molecule has 2 amide bonds. The number of rotatable bonds is 12. The van der Waals surface area contributed by atoms with Crippen molar-refractivity contribution in [1.82, 2.24) is 10.2 Å². The van der Waals surface area contributed by atoms with E-state index in [0.29, 0.717) is 23.6 Å². The quantitative estimate of drug-likeness (QED) is 0.476. The average Bonchev–Trinajstić information content (AvgIpc) is 2.81. The lowest BCUT2D eigenvalue weighted by Crippen LogP contribution is -2.53. The van der Waals surface area contributed by atoms with Crippen LogP contribution in [0, 0.1) is 0 Å². The monoisotopic (exact) mass is 505 g/mol. The molecule has 0 unspecified atom stereocenters. The van der Waals surface area contributed by atoms with Crippen molar-refractivity contribution in [3.8, 4) is 11.5 Å². The van der Waals surface area contributed by atoms with Gasteiger partial charge in [0, 0.05) is 12.6 Å². The van der Waals surface area contributed by atoms with Gasteiger partial charge in [-0.05, 0) is 62.2 Å². The van der Waals surface area contributed by atoms with E-state index in [-0.39, 0.29) is 18.5 Å². The Morgan fingerprint density at radius 2 is 1.46 bits per heavy atom. The van der Waals surface area contributed by atoms with Crippen molar-refractivity contribution in [3.05, 3.63) is 54.1 Å². The number of carbonyl (C=O) groups is 2. The van der Waals surface area contributed by atoms with Crippen LogP contribution in [0.25, 0.3) is 0 Å². The van der Waals surface area contributed by atoms with Gasteiger partial charge < -0.3 is 19.7 Å². The van der Waals surface area contributed by atoms with Gasteiger partial charge >= 0.3 is 0 Å². The van der Waals surface area contributed by atoms with Gasteiger partial charge in [-0.2, -0.15) is 0 Å². The molecule has 0 heterocycles. The third-order valence-corrected chi connectivity index (χ3v) is 6.51. The molecule has 0 fully saturated rings. The van der Waals surface area contributed by atoms with E-state index in [0.717, 1.165) is 16.1 Å². The molecule has 1 atom stereocenters. The number of amides is 2. The highest BCUT2D eigenvalue weighted by molar-refractivity contribution is 7.92. The SMILES string of the molecule is CC[C@H](C(=O)NC(C)C)N(Cc1ccc(OC)cc1)C(=O)CN(c1ccc(OC)cc1)S(C)(=O)=O. The second-order valence-corrected chi connectivity index (χ2v) is 10.3. The van der Waals surface area contributed by atoms with Crippen LogP contribution in [-0.2, 0) is 26.2 Å². The minimum absolute atomic E-state index is 0.110. The van der Waals surface area contributed by atoms with Gasteiger partial charge in [0.15, 0.2) is 0 Å². The highest BCUT2D eigenvalue weighted by atomic mass is 32.2. The van der Waals surface area contributed by atoms with Gasteiger partial charge in [-0.25, -0.2) is 8.42 Å². The van der Waals surface area contributed by atoms with Crippen molar-refractivity contribution in [2.45, 2.75) is 45.8 Å². The van der Waals surface area contributed by atoms with Crippen LogP contribution in [-0.4, -0.2) is 64.2 Å². The van der Waals surface area contributed by atoms with Crippen molar-refractivity contribution in [3.63, 3.8) is 0 Å². The number of methoxy groups -OCH3 is 2. The van der Waals surface area contributed by atoms with Gasteiger partial charge in [-0.15, -0.1) is 0 Å². The molecule has 1 N–H and O–H groups in total. The second-order valence-electron chi connectivity index (χ2n) is 8.42. The molecule has 0 aromatic heterocycles. The summed E-state index contributed by atoms with van der Waals surface area (Å²) in [6.45, 7) is 5.18. The Hall–Kier alpha value is -3.27. The molecule has 192 valence electrons. The summed E-state index contributed by atoms with van der Waals surface area (Å²) in [6, 6.07) is 12.7. The van der Waals surface area contributed by atoms with Gasteiger partial charge in [0.05, 0.1) is 26.2 Å². The Balaban J connectivity index is 2.42. The number of nitrogens with one attached hydrogen (secondary N) is 1. The van der Waals surface area contributed by atoms with E-state index >= 15 is 0 Å². The number of sulfonamides is 1. The van der Waals surface area contributed by atoms with Crippen LogP contribution in [0.2, 0.25) is 0 Å². The number of carbonyl (C=O) groups excluding carboxylic acids is 2. The summed E-state index contributed by atoms with van der Waals surface area (Å²) in [5.74, 6) is 0.442. The standard InChI is InChI=1S/C25H35N3O6S/c1-7-23(25(30)26-18(2)3)27(16-19-8-12-21(33-4)13-9-19)24(29)17-28(35(6,31)32)20-10-14-22(34-5)15-11-20/h8-15,18,23H,7,16-17H2,1-6H3,(H,26,30)/t23-/m1/s1. The Labute approximate surface area is 208 Å². The summed E-state index contributed by atoms with van der Waals surface area (Å²) < 4.78 is 36.6. The minimum Gasteiger partial charge on any atom is -0.497 e. The molecule has 0 aliphatic rings. The molecule has 0 saturated heterocycles. The Kier molecular flexibility index (Phi) is 9.94. The molecule has 2 aromatic carbocycles. The molecule has 0 spiro atoms. The van der Waals surface area contributed by atoms with E-state index in [2.05, 4.69) is 5.32 Å². The maximum atomic E-state index is 13.6. The first kappa shape index (κ1) is 28.0. The van der Waals surface area contributed by atoms with Crippen LogP contribution in [0.3, 0.4) is 0 Å². The maximum Gasteiger partial charge on any atom is 0.244 e. The Morgan fingerprint density at radius 3 is 1.89 bits per heavy atom. The van der Waals surface area contributed by atoms with Crippen LogP contribution < -0.4 is 19.1 Å². The molecule has 10 heteroatoms. The largest absolute Gasteiger partial charge is 0.497 e. The van der Waals surface area contributed by atoms with Crippen molar-refractivity contribution in [2.24, 2.45) is 0 Å². The van der Waals surface area contributed by atoms with Crippen LogP contribution in [0.5, 0.6) is 11.5 Å². The lowest BCUT2D eigenvalue weighted by Gasteiger charge is -2.33. The van der Waals surface area contributed by atoms with Crippen molar-refractivity contribution >= 4 is 27.5 Å². The molecule has 35 heavy (non-hydrogen) atoms. The zero-order chi connectivity index (χ0) is 26.2. The average molecular weight is 506 g/mol. The normalized spacial score (nSPS) is 12.1. The van der Waals surface area contributed by atoms with Gasteiger partial charge in [0.1, 0.15) is 24.1 Å². The summed E-state index contributed by atoms with van der Waals surface area (Å²) in [6.07, 6.45) is 1.41. The van der Waals surface area contributed by atoms with E-state index < -0.39 is 28.5 Å². The molecule has 0 saturated carbocycles. The maximum absolute atomic E-state index is 13.6. The van der Waals surface area contributed by atoms with Gasteiger partial charge in [0.2, 0.25) is 21.8 Å². The fourth-order valence-electron chi connectivity index (χ4n) is 3.59. The smallest absolute Gasteiger partial charge is 0.244 e. The first-order valence-electron chi connectivity index (χ1n) is 11.3. The van der Waals surface area contributed by atoms with Gasteiger partial charge in [-0.1, -0.05) is 19.1 Å². The number of benzene rings is 2. The zero-order valence-corrected chi connectivity index (χ0v) is 22.0. The second kappa shape index (κ2) is 12.4. The minimum atomic E-state index is -3.79. The van der Waals surface area contributed by atoms with Gasteiger partial charge in [0.25, 0.3) is 0 Å². The van der Waals surface area contributed by atoms with E-state index in [4.69, 9.17) is 9.47 Å². The lowest BCUT2D eigenvalue weighted by molar-refractivity contribution is -0.140. The highest BCUT2D eigenvalue weighted by Crippen LogP contribution is 2.23. The highest BCUT2D eigenvalue weighted by Gasteiger charge is 2.32. The van der Waals surface area contributed by atoms with Crippen LogP contribution in [0.15, 0.2) is 48.5 Å². The lowest BCUT2D eigenvalue weighted by atomic mass is 10.1. The van der Waals surface area contributed by atoms with Crippen molar-refractivity contribution in [1.29, 1.82) is 0 Å². The number of anilines is 1. The summed E-state index contributed by atoms with van der Waals surface area (Å²) >= 11 is 0. The molecule has 0 aliphatic heterocycles. The molecule has 2 aromatic rings. The summed E-state index contributed by atoms with van der Waals surface area (Å²) in [5, 5.41) is 2.86. The van der Waals surface area contributed by atoms with Gasteiger partial charge in [-0.3, -0.25) is 13.9 Å². The fourth-order valence-corrected chi connectivity index (χ4v) is 4.44. The Bertz CT molecular complexity index is 1090. The van der Waals surface area contributed by atoms with E-state index in [1.165, 1.54) is 12.0 Å². The van der Waals surface area contributed by atoms with Crippen LogP contribution in [0.4, 0.5) is 5.69 Å². The third-order valence-electron chi connectivity index (χ3n) is 5.37. The molecule has 9 nitrogen and oxygen atoms in total. The number of ether oxygens (including phenoxy) is 2. The van der Waals surface area contributed by atoms with E-state index in [1.807, 2.05) is 32.9 Å². The summed E-state index contributed by atoms with van der Waals surface area (Å²) in [5.41, 5.74) is 1.11. The molecular weight excluding hydrogens is 470 g/mol. The number of hydrogen-bond donors (Lipinski definition) is 1. The predicted molar refractivity (Wildman–Crippen MR) is 136 cm³/mol.